The van der Waals surface area contributed by atoms with Crippen molar-refractivity contribution in [3.63, 3.8) is 0 Å². The lowest BCUT2D eigenvalue weighted by Gasteiger charge is -2.28. The summed E-state index contributed by atoms with van der Waals surface area (Å²) < 4.78 is 5.65. The third-order valence-corrected chi connectivity index (χ3v) is 4.85. The van der Waals surface area contributed by atoms with Crippen LogP contribution in [0.1, 0.15) is 43.6 Å². The molecule has 0 fully saturated rings. The van der Waals surface area contributed by atoms with Crippen LogP contribution in [-0.2, 0) is 15.0 Å². The Morgan fingerprint density at radius 2 is 1.84 bits per heavy atom. The van der Waals surface area contributed by atoms with E-state index in [2.05, 4.69) is 0 Å². The number of ether oxygens (including phenoxy) is 1. The number of allylic oxidation sites excluding steroid dienone is 3. The van der Waals surface area contributed by atoms with E-state index in [4.69, 9.17) is 4.74 Å². The Morgan fingerprint density at radius 1 is 1.24 bits per heavy atom. The fraction of sp³-hybridized carbons (Fsp3) is 0.333. The summed E-state index contributed by atoms with van der Waals surface area (Å²) in [6.07, 6.45) is 0.0109. The lowest BCUT2D eigenvalue weighted by atomic mass is 9.71. The van der Waals surface area contributed by atoms with Crippen molar-refractivity contribution in [2.75, 3.05) is 0 Å². The van der Waals surface area contributed by atoms with Crippen molar-refractivity contribution >= 4 is 11.6 Å². The van der Waals surface area contributed by atoms with Crippen molar-refractivity contribution in [2.24, 2.45) is 0 Å². The van der Waals surface area contributed by atoms with E-state index in [0.717, 1.165) is 13.0 Å². The van der Waals surface area contributed by atoms with Crippen molar-refractivity contribution in [3.05, 3.63) is 39.9 Å². The highest BCUT2D eigenvalue weighted by Crippen LogP contribution is 2.58. The van der Waals surface area contributed by atoms with E-state index in [1.54, 1.807) is 0 Å². The highest BCUT2D eigenvalue weighted by Gasteiger charge is 2.55. The first-order chi connectivity index (χ1) is 11.5. The Balaban J connectivity index is 2.40. The van der Waals surface area contributed by atoms with E-state index in [-0.39, 0.29) is 45.3 Å². The number of aliphatic hydroxyl groups is 2. The second kappa shape index (κ2) is 5.10. The zero-order valence-electron chi connectivity index (χ0n) is 14.2. The summed E-state index contributed by atoms with van der Waals surface area (Å²) in [5.74, 6) is -2.58. The normalized spacial score (nSPS) is 22.9. The molecule has 0 bridgehead atoms. The number of Topliss-reactive ketones (excluding diaryl/α,β-unsaturated/α-hetero) is 2. The monoisotopic (exact) mass is 346 g/mol. The van der Waals surface area contributed by atoms with E-state index < -0.39 is 28.8 Å². The van der Waals surface area contributed by atoms with Crippen LogP contribution in [0.25, 0.3) is 0 Å². The maximum atomic E-state index is 13.0. The third-order valence-electron chi connectivity index (χ3n) is 4.85. The molecule has 1 unspecified atom stereocenters. The second-order valence-corrected chi connectivity index (χ2v) is 6.50. The largest absolute Gasteiger partial charge is 0.507 e. The summed E-state index contributed by atoms with van der Waals surface area (Å²) in [6.45, 7) is 5.47. The summed E-state index contributed by atoms with van der Waals surface area (Å²) in [7, 11) is 0. The predicted octanol–water partition coefficient (Wildman–Crippen LogP) is 1.98. The number of aliphatic hydroxyl groups excluding tert-OH is 2. The molecule has 0 saturated heterocycles. The number of benzene rings is 1. The van der Waals surface area contributed by atoms with Gasteiger partial charge < -0.3 is 25.2 Å². The predicted molar refractivity (Wildman–Crippen MR) is 86.5 cm³/mol. The van der Waals surface area contributed by atoms with Crippen LogP contribution in [0.5, 0.6) is 17.2 Å². The number of ketones is 2. The number of phenols is 2. The van der Waals surface area contributed by atoms with Gasteiger partial charge in [-0.3, -0.25) is 9.59 Å². The topological polar surface area (TPSA) is 124 Å². The van der Waals surface area contributed by atoms with Crippen LogP contribution in [0.3, 0.4) is 0 Å². The van der Waals surface area contributed by atoms with Crippen LogP contribution in [0.2, 0.25) is 0 Å². The van der Waals surface area contributed by atoms with Crippen molar-refractivity contribution < 1.29 is 34.8 Å². The van der Waals surface area contributed by atoms with Gasteiger partial charge in [-0.05, 0) is 27.7 Å². The molecule has 1 aliphatic carbocycles. The zero-order chi connectivity index (χ0) is 18.8. The standard InChI is InChI=1S/C18H18O7/c1-6-14(22)12(8(3)20)16-13(15(6)23)18(4)10(25-16)5-9(21)11(7(2)19)17(18)24/h5,8,20-23H,1-4H3/t8?,18-/m1/s1. The summed E-state index contributed by atoms with van der Waals surface area (Å²) in [5, 5.41) is 40.9. The molecule has 1 aromatic rings. The Kier molecular flexibility index (Phi) is 3.47. The fourth-order valence-electron chi connectivity index (χ4n) is 3.45. The maximum Gasteiger partial charge on any atom is 0.188 e. The molecule has 2 aliphatic rings. The van der Waals surface area contributed by atoms with Gasteiger partial charge in [0.25, 0.3) is 0 Å². The Bertz CT molecular complexity index is 905. The smallest absolute Gasteiger partial charge is 0.188 e. The van der Waals surface area contributed by atoms with Gasteiger partial charge in [-0.1, -0.05) is 0 Å². The molecule has 1 aromatic carbocycles. The van der Waals surface area contributed by atoms with Gasteiger partial charge in [-0.25, -0.2) is 0 Å². The van der Waals surface area contributed by atoms with E-state index >= 15 is 0 Å². The molecule has 7 nitrogen and oxygen atoms in total. The highest BCUT2D eigenvalue weighted by molar-refractivity contribution is 6.25. The Morgan fingerprint density at radius 3 is 2.36 bits per heavy atom. The number of carbonyl (C=O) groups is 2. The molecule has 1 aliphatic heterocycles. The van der Waals surface area contributed by atoms with Crippen LogP contribution >= 0.6 is 0 Å². The SMILES string of the molecule is CC(=O)C1=C(O)C=C2Oc3c(C(C)O)c(O)c(C)c(O)c3[C@]2(C)C1=O. The molecular weight excluding hydrogens is 328 g/mol. The van der Waals surface area contributed by atoms with Crippen LogP contribution < -0.4 is 4.74 Å². The highest BCUT2D eigenvalue weighted by atomic mass is 16.5. The fourth-order valence-corrected chi connectivity index (χ4v) is 3.45. The third kappa shape index (κ3) is 1.96. The van der Waals surface area contributed by atoms with E-state index in [1.165, 1.54) is 20.8 Å². The number of carbonyl (C=O) groups excluding carboxylic acids is 2. The maximum absolute atomic E-state index is 13.0. The number of phenolic OH excluding ortho intramolecular Hbond substituents is 2. The quantitative estimate of drug-likeness (QED) is 0.604. The molecule has 0 spiro atoms. The number of hydrogen-bond donors (Lipinski definition) is 4. The minimum absolute atomic E-state index is 0.0113. The molecule has 3 rings (SSSR count). The molecule has 0 amide bonds. The Hall–Kier alpha value is -2.80. The lowest BCUT2D eigenvalue weighted by Crippen LogP contribution is -2.38. The first kappa shape index (κ1) is 17.0. The van der Waals surface area contributed by atoms with Crippen molar-refractivity contribution in [3.8, 4) is 17.2 Å². The van der Waals surface area contributed by atoms with Crippen LogP contribution in [0.4, 0.5) is 0 Å². The molecule has 25 heavy (non-hydrogen) atoms. The van der Waals surface area contributed by atoms with E-state index in [9.17, 15) is 30.0 Å². The number of aromatic hydroxyl groups is 2. The molecule has 0 saturated carbocycles. The van der Waals surface area contributed by atoms with Crippen LogP contribution in [0, 0.1) is 6.92 Å². The van der Waals surface area contributed by atoms with Gasteiger partial charge in [-0.15, -0.1) is 0 Å². The van der Waals surface area contributed by atoms with Crippen molar-refractivity contribution in [1.82, 2.24) is 0 Å². The van der Waals surface area contributed by atoms with E-state index in [1.807, 2.05) is 0 Å². The molecule has 7 heteroatoms. The molecule has 0 radical (unpaired) electrons. The Labute approximate surface area is 143 Å². The number of fused-ring (bicyclic) bond motifs is 3. The first-order valence-electron chi connectivity index (χ1n) is 7.69. The number of rotatable bonds is 2. The van der Waals surface area contributed by atoms with E-state index in [0.29, 0.717) is 0 Å². The van der Waals surface area contributed by atoms with Gasteiger partial charge in [-0.2, -0.15) is 0 Å². The minimum atomic E-state index is -1.55. The number of hydrogen-bond acceptors (Lipinski definition) is 7. The summed E-state index contributed by atoms with van der Waals surface area (Å²) >= 11 is 0. The van der Waals surface area contributed by atoms with Gasteiger partial charge in [0, 0.05) is 11.6 Å². The summed E-state index contributed by atoms with van der Waals surface area (Å²) in [6, 6.07) is 0. The second-order valence-electron chi connectivity index (χ2n) is 6.50. The summed E-state index contributed by atoms with van der Waals surface area (Å²) in [4.78, 5) is 24.8. The average Bonchev–Trinajstić information content (AvgIpc) is 2.78. The van der Waals surface area contributed by atoms with Crippen LogP contribution in [-0.4, -0.2) is 32.0 Å². The van der Waals surface area contributed by atoms with Gasteiger partial charge in [0.05, 0.1) is 17.2 Å². The van der Waals surface area contributed by atoms with Gasteiger partial charge in [0.1, 0.15) is 39.8 Å². The molecule has 1 heterocycles. The minimum Gasteiger partial charge on any atom is -0.507 e. The van der Waals surface area contributed by atoms with Crippen molar-refractivity contribution in [2.45, 2.75) is 39.2 Å². The molecule has 132 valence electrons. The zero-order valence-corrected chi connectivity index (χ0v) is 14.2. The molecule has 4 N–H and O–H groups in total. The first-order valence-corrected chi connectivity index (χ1v) is 7.69. The average molecular weight is 346 g/mol. The van der Waals surface area contributed by atoms with Crippen LogP contribution in [0.15, 0.2) is 23.2 Å². The van der Waals surface area contributed by atoms with Gasteiger partial charge >= 0.3 is 0 Å². The van der Waals surface area contributed by atoms with Gasteiger partial charge in [0.2, 0.25) is 0 Å². The molecule has 0 aromatic heterocycles. The van der Waals surface area contributed by atoms with Gasteiger partial charge in [0.15, 0.2) is 11.6 Å². The van der Waals surface area contributed by atoms with Crippen molar-refractivity contribution in [1.29, 1.82) is 0 Å². The summed E-state index contributed by atoms with van der Waals surface area (Å²) in [5.41, 5.74) is -1.77. The lowest BCUT2D eigenvalue weighted by molar-refractivity contribution is -0.123. The molecular formula is C18H18O7. The molecule has 2 atom stereocenters.